The topological polar surface area (TPSA) is 47.1 Å². The van der Waals surface area contributed by atoms with Crippen LogP contribution in [0.5, 0.6) is 0 Å². The van der Waals surface area contributed by atoms with Crippen LogP contribution in [0.25, 0.3) is 0 Å². The number of likely N-dealkylation sites (tertiary alicyclic amines) is 1. The molecule has 2 rings (SSSR count). The van der Waals surface area contributed by atoms with E-state index >= 15 is 0 Å². The number of nitrogens with zero attached hydrogens (tertiary/aromatic N) is 3. The Kier molecular flexibility index (Phi) is 3.76. The van der Waals surface area contributed by atoms with Crippen LogP contribution in [0.3, 0.4) is 0 Å². The number of aromatic nitrogens is 2. The second-order valence-corrected chi connectivity index (χ2v) is 5.50. The number of piperidine rings is 1. The first kappa shape index (κ1) is 12.9. The number of hydrogen-bond acceptors (Lipinski definition) is 3. The Morgan fingerprint density at radius 2 is 2.24 bits per heavy atom. The third-order valence-corrected chi connectivity index (χ3v) is 4.18. The van der Waals surface area contributed by atoms with Gasteiger partial charge in [-0.25, -0.2) is 0 Å². The molecule has 5 heteroatoms. The van der Waals surface area contributed by atoms with Crippen molar-refractivity contribution in [1.29, 1.82) is 0 Å². The lowest BCUT2D eigenvalue weighted by Gasteiger charge is -2.35. The number of hydrogen-bond donors (Lipinski definition) is 1. The van der Waals surface area contributed by atoms with Gasteiger partial charge in [0.05, 0.1) is 5.69 Å². The van der Waals surface area contributed by atoms with Crippen molar-refractivity contribution in [2.45, 2.75) is 32.9 Å². The van der Waals surface area contributed by atoms with E-state index in [1.54, 1.807) is 4.68 Å². The highest BCUT2D eigenvalue weighted by molar-refractivity contribution is 6.30. The predicted octanol–water partition coefficient (Wildman–Crippen LogP) is 1.55. The van der Waals surface area contributed by atoms with Crippen LogP contribution in [0, 0.1) is 12.8 Å². The SMILES string of the molecule is Cc1nn(C)c(Cl)c1CN1CCC(N)C(C)C1. The molecule has 4 nitrogen and oxygen atoms in total. The predicted molar refractivity (Wildman–Crippen MR) is 70.0 cm³/mol. The highest BCUT2D eigenvalue weighted by atomic mass is 35.5. The van der Waals surface area contributed by atoms with Crippen molar-refractivity contribution in [1.82, 2.24) is 14.7 Å². The molecule has 1 fully saturated rings. The summed E-state index contributed by atoms with van der Waals surface area (Å²) in [6, 6.07) is 0.344. The number of rotatable bonds is 2. The van der Waals surface area contributed by atoms with E-state index in [4.69, 9.17) is 17.3 Å². The molecule has 1 aromatic heterocycles. The lowest BCUT2D eigenvalue weighted by atomic mass is 9.94. The summed E-state index contributed by atoms with van der Waals surface area (Å²) in [4.78, 5) is 2.42. The Bertz CT molecular complexity index is 401. The van der Waals surface area contributed by atoms with Crippen LogP contribution >= 0.6 is 11.6 Å². The Morgan fingerprint density at radius 3 is 2.76 bits per heavy atom. The smallest absolute Gasteiger partial charge is 0.131 e. The molecule has 2 N–H and O–H groups in total. The zero-order chi connectivity index (χ0) is 12.6. The number of aryl methyl sites for hydroxylation is 2. The molecule has 0 aliphatic carbocycles. The fraction of sp³-hybridized carbons (Fsp3) is 0.750. The molecule has 1 aliphatic heterocycles. The van der Waals surface area contributed by atoms with E-state index in [1.807, 2.05) is 14.0 Å². The summed E-state index contributed by atoms with van der Waals surface area (Å²) in [7, 11) is 1.88. The molecule has 2 heterocycles. The average molecular weight is 257 g/mol. The molecule has 0 spiro atoms. The minimum atomic E-state index is 0.344. The molecule has 1 saturated heterocycles. The molecule has 0 aromatic carbocycles. The lowest BCUT2D eigenvalue weighted by Crippen LogP contribution is -2.45. The highest BCUT2D eigenvalue weighted by Crippen LogP contribution is 2.23. The van der Waals surface area contributed by atoms with E-state index in [-0.39, 0.29) is 0 Å². The monoisotopic (exact) mass is 256 g/mol. The van der Waals surface area contributed by atoms with Crippen LogP contribution in [0.1, 0.15) is 24.6 Å². The molecule has 1 aliphatic rings. The maximum atomic E-state index is 6.25. The van der Waals surface area contributed by atoms with E-state index < -0.39 is 0 Å². The quantitative estimate of drug-likeness (QED) is 0.874. The van der Waals surface area contributed by atoms with Crippen LogP contribution < -0.4 is 5.73 Å². The second kappa shape index (κ2) is 4.96. The zero-order valence-electron chi connectivity index (χ0n) is 10.8. The number of nitrogens with two attached hydrogens (primary N) is 1. The van der Waals surface area contributed by atoms with Gasteiger partial charge in [-0.2, -0.15) is 5.10 Å². The summed E-state index contributed by atoms with van der Waals surface area (Å²) in [5.41, 5.74) is 8.21. The van der Waals surface area contributed by atoms with Crippen molar-refractivity contribution in [2.75, 3.05) is 13.1 Å². The summed E-state index contributed by atoms with van der Waals surface area (Å²) in [5.74, 6) is 0.555. The van der Waals surface area contributed by atoms with Crippen molar-refractivity contribution >= 4 is 11.6 Å². The van der Waals surface area contributed by atoms with E-state index in [2.05, 4.69) is 16.9 Å². The van der Waals surface area contributed by atoms with Crippen molar-refractivity contribution in [3.63, 3.8) is 0 Å². The summed E-state index contributed by atoms with van der Waals surface area (Å²) < 4.78 is 1.74. The standard InChI is InChI=1S/C12H21ClN4/c1-8-6-17(5-4-11(8)14)7-10-9(2)15-16(3)12(10)13/h8,11H,4-7,14H2,1-3H3. The normalized spacial score (nSPS) is 26.4. The summed E-state index contributed by atoms with van der Waals surface area (Å²) in [6.07, 6.45) is 1.07. The van der Waals surface area contributed by atoms with Crippen LogP contribution in [0.15, 0.2) is 0 Å². The first-order chi connectivity index (χ1) is 7.99. The largest absolute Gasteiger partial charge is 0.327 e. The Balaban J connectivity index is 2.06. The maximum Gasteiger partial charge on any atom is 0.131 e. The Hall–Kier alpha value is -0.580. The van der Waals surface area contributed by atoms with Gasteiger partial charge in [0, 0.05) is 31.7 Å². The molecule has 0 saturated carbocycles. The molecule has 1 aromatic rings. The molecule has 2 unspecified atom stereocenters. The fourth-order valence-corrected chi connectivity index (χ4v) is 2.71. The van der Waals surface area contributed by atoms with Gasteiger partial charge in [-0.3, -0.25) is 9.58 Å². The van der Waals surface area contributed by atoms with Gasteiger partial charge in [0.25, 0.3) is 0 Å². The third kappa shape index (κ3) is 2.64. The molecule has 0 radical (unpaired) electrons. The molecular weight excluding hydrogens is 236 g/mol. The summed E-state index contributed by atoms with van der Waals surface area (Å²) in [5, 5.41) is 5.10. The van der Waals surface area contributed by atoms with Crippen molar-refractivity contribution in [3.8, 4) is 0 Å². The van der Waals surface area contributed by atoms with Gasteiger partial charge < -0.3 is 5.73 Å². The molecule has 0 amide bonds. The van der Waals surface area contributed by atoms with E-state index in [9.17, 15) is 0 Å². The van der Waals surface area contributed by atoms with Crippen molar-refractivity contribution in [3.05, 3.63) is 16.4 Å². The first-order valence-electron chi connectivity index (χ1n) is 6.15. The van der Waals surface area contributed by atoms with E-state index in [0.717, 1.165) is 42.5 Å². The van der Waals surface area contributed by atoms with Gasteiger partial charge in [0.15, 0.2) is 0 Å². The van der Waals surface area contributed by atoms with Gasteiger partial charge in [-0.05, 0) is 25.8 Å². The minimum Gasteiger partial charge on any atom is -0.327 e. The van der Waals surface area contributed by atoms with Gasteiger partial charge in [-0.1, -0.05) is 18.5 Å². The zero-order valence-corrected chi connectivity index (χ0v) is 11.5. The third-order valence-electron chi connectivity index (χ3n) is 3.71. The van der Waals surface area contributed by atoms with Crippen LogP contribution in [-0.4, -0.2) is 33.8 Å². The molecule has 0 bridgehead atoms. The average Bonchev–Trinajstić information content (AvgIpc) is 2.50. The van der Waals surface area contributed by atoms with E-state index in [1.165, 1.54) is 0 Å². The van der Waals surface area contributed by atoms with Crippen LogP contribution in [0.4, 0.5) is 0 Å². The lowest BCUT2D eigenvalue weighted by molar-refractivity contribution is 0.157. The summed E-state index contributed by atoms with van der Waals surface area (Å²) in [6.45, 7) is 7.21. The van der Waals surface area contributed by atoms with E-state index in [0.29, 0.717) is 12.0 Å². The molecule has 17 heavy (non-hydrogen) atoms. The highest BCUT2D eigenvalue weighted by Gasteiger charge is 2.24. The van der Waals surface area contributed by atoms with Gasteiger partial charge in [0.1, 0.15) is 5.15 Å². The van der Waals surface area contributed by atoms with Gasteiger partial charge in [-0.15, -0.1) is 0 Å². The minimum absolute atomic E-state index is 0.344. The van der Waals surface area contributed by atoms with Crippen LogP contribution in [0.2, 0.25) is 5.15 Å². The van der Waals surface area contributed by atoms with Crippen LogP contribution in [-0.2, 0) is 13.6 Å². The molecule has 96 valence electrons. The van der Waals surface area contributed by atoms with Crippen molar-refractivity contribution in [2.24, 2.45) is 18.7 Å². The summed E-state index contributed by atoms with van der Waals surface area (Å²) >= 11 is 6.25. The fourth-order valence-electron chi connectivity index (χ4n) is 2.47. The first-order valence-corrected chi connectivity index (χ1v) is 6.52. The second-order valence-electron chi connectivity index (χ2n) is 5.14. The Morgan fingerprint density at radius 1 is 1.53 bits per heavy atom. The Labute approximate surface area is 108 Å². The van der Waals surface area contributed by atoms with Gasteiger partial charge >= 0.3 is 0 Å². The number of halogens is 1. The van der Waals surface area contributed by atoms with Gasteiger partial charge in [0.2, 0.25) is 0 Å². The molecule has 2 atom stereocenters. The molecular formula is C12H21ClN4. The maximum absolute atomic E-state index is 6.25. The van der Waals surface area contributed by atoms with Crippen molar-refractivity contribution < 1.29 is 0 Å².